The van der Waals surface area contributed by atoms with Crippen molar-refractivity contribution in [1.82, 2.24) is 9.97 Å². The Morgan fingerprint density at radius 2 is 1.90 bits per heavy atom. The first-order valence-electron chi connectivity index (χ1n) is 9.55. The van der Waals surface area contributed by atoms with Gasteiger partial charge >= 0.3 is 0 Å². The molecular formula is C23H21N3O3S2. The molecule has 0 atom stereocenters. The second kappa shape index (κ2) is 9.28. The SMILES string of the molecule is COc1ccc(OC)c(-c2csc(NC(=O)Cc3csc(-c4cccc(C)c4)n3)n2)c1. The molecule has 0 bridgehead atoms. The van der Waals surface area contributed by atoms with Gasteiger partial charge in [0.1, 0.15) is 16.5 Å². The average molecular weight is 452 g/mol. The molecule has 1 amide bonds. The van der Waals surface area contributed by atoms with Crippen LogP contribution >= 0.6 is 22.7 Å². The van der Waals surface area contributed by atoms with Gasteiger partial charge in [0, 0.05) is 21.9 Å². The fourth-order valence-corrected chi connectivity index (χ4v) is 4.64. The van der Waals surface area contributed by atoms with Gasteiger partial charge in [0.2, 0.25) is 5.91 Å². The lowest BCUT2D eigenvalue weighted by molar-refractivity contribution is -0.115. The summed E-state index contributed by atoms with van der Waals surface area (Å²) in [5, 5.41) is 8.11. The van der Waals surface area contributed by atoms with Crippen LogP contribution in [0.2, 0.25) is 0 Å². The molecular weight excluding hydrogens is 430 g/mol. The lowest BCUT2D eigenvalue weighted by Gasteiger charge is -2.08. The number of methoxy groups -OCH3 is 2. The van der Waals surface area contributed by atoms with Gasteiger partial charge in [0.15, 0.2) is 5.13 Å². The second-order valence-electron chi connectivity index (χ2n) is 6.84. The van der Waals surface area contributed by atoms with Gasteiger partial charge < -0.3 is 14.8 Å². The van der Waals surface area contributed by atoms with Crippen molar-refractivity contribution in [3.05, 3.63) is 64.5 Å². The molecule has 2 heterocycles. The summed E-state index contributed by atoms with van der Waals surface area (Å²) >= 11 is 2.90. The molecule has 0 radical (unpaired) electrons. The molecule has 1 N–H and O–H groups in total. The van der Waals surface area contributed by atoms with Crippen LogP contribution in [0.1, 0.15) is 11.3 Å². The Hall–Kier alpha value is -3.23. The number of nitrogens with zero attached hydrogens (tertiary/aromatic N) is 2. The summed E-state index contributed by atoms with van der Waals surface area (Å²) < 4.78 is 10.7. The molecule has 8 heteroatoms. The molecule has 2 aromatic carbocycles. The number of benzene rings is 2. The zero-order valence-electron chi connectivity index (χ0n) is 17.3. The maximum Gasteiger partial charge on any atom is 0.232 e. The number of hydrogen-bond acceptors (Lipinski definition) is 7. The number of rotatable bonds is 7. The summed E-state index contributed by atoms with van der Waals surface area (Å²) in [6.07, 6.45) is 0.194. The van der Waals surface area contributed by atoms with Gasteiger partial charge in [-0.25, -0.2) is 9.97 Å². The van der Waals surface area contributed by atoms with Crippen LogP contribution in [0.25, 0.3) is 21.8 Å². The second-order valence-corrected chi connectivity index (χ2v) is 8.56. The van der Waals surface area contributed by atoms with E-state index in [2.05, 4.69) is 34.3 Å². The van der Waals surface area contributed by atoms with E-state index < -0.39 is 0 Å². The van der Waals surface area contributed by atoms with Crippen LogP contribution < -0.4 is 14.8 Å². The maximum absolute atomic E-state index is 12.5. The average Bonchev–Trinajstić information content (AvgIpc) is 3.43. The standard InChI is InChI=1S/C23H21N3O3S2/c1-14-5-4-6-15(9-14)22-24-16(12-30-22)10-21(27)26-23-25-19(13-31-23)18-11-17(28-2)7-8-20(18)29-3/h4-9,11-13H,10H2,1-3H3,(H,25,26,27). The van der Waals surface area contributed by atoms with E-state index in [-0.39, 0.29) is 12.3 Å². The van der Waals surface area contributed by atoms with Crippen molar-refractivity contribution >= 4 is 33.7 Å². The van der Waals surface area contributed by atoms with E-state index in [0.29, 0.717) is 22.3 Å². The van der Waals surface area contributed by atoms with Crippen molar-refractivity contribution < 1.29 is 14.3 Å². The minimum Gasteiger partial charge on any atom is -0.497 e. The van der Waals surface area contributed by atoms with Gasteiger partial charge in [-0.1, -0.05) is 23.8 Å². The highest BCUT2D eigenvalue weighted by atomic mass is 32.1. The Labute approximate surface area is 188 Å². The third kappa shape index (κ3) is 4.92. The Morgan fingerprint density at radius 1 is 1.03 bits per heavy atom. The van der Waals surface area contributed by atoms with E-state index in [4.69, 9.17) is 9.47 Å². The first-order valence-corrected chi connectivity index (χ1v) is 11.3. The molecule has 0 aliphatic rings. The Bertz CT molecular complexity index is 1220. The summed E-state index contributed by atoms with van der Waals surface area (Å²) in [7, 11) is 3.22. The number of aryl methyl sites for hydroxylation is 1. The summed E-state index contributed by atoms with van der Waals surface area (Å²) in [5.41, 5.74) is 4.50. The normalized spacial score (nSPS) is 10.7. The number of amides is 1. The van der Waals surface area contributed by atoms with Crippen LogP contribution in [0.3, 0.4) is 0 Å². The van der Waals surface area contributed by atoms with Crippen LogP contribution in [-0.2, 0) is 11.2 Å². The fourth-order valence-electron chi connectivity index (χ4n) is 3.10. The first kappa shape index (κ1) is 21.0. The van der Waals surface area contributed by atoms with Gasteiger partial charge in [-0.15, -0.1) is 22.7 Å². The van der Waals surface area contributed by atoms with Crippen LogP contribution in [-0.4, -0.2) is 30.1 Å². The van der Waals surface area contributed by atoms with Gasteiger partial charge in [0.05, 0.1) is 32.0 Å². The highest BCUT2D eigenvalue weighted by Crippen LogP contribution is 2.35. The van der Waals surface area contributed by atoms with Crippen molar-refractivity contribution in [2.24, 2.45) is 0 Å². The quantitative estimate of drug-likeness (QED) is 0.405. The van der Waals surface area contributed by atoms with E-state index >= 15 is 0 Å². The summed E-state index contributed by atoms with van der Waals surface area (Å²) in [5.74, 6) is 1.25. The molecule has 0 aliphatic carbocycles. The van der Waals surface area contributed by atoms with Crippen LogP contribution in [0.4, 0.5) is 5.13 Å². The zero-order valence-corrected chi connectivity index (χ0v) is 19.0. The smallest absolute Gasteiger partial charge is 0.232 e. The van der Waals surface area contributed by atoms with Crippen molar-refractivity contribution in [1.29, 1.82) is 0 Å². The third-order valence-electron chi connectivity index (χ3n) is 4.59. The molecule has 0 saturated carbocycles. The minimum atomic E-state index is -0.153. The highest BCUT2D eigenvalue weighted by molar-refractivity contribution is 7.14. The molecule has 0 unspecified atom stereocenters. The third-order valence-corrected chi connectivity index (χ3v) is 6.29. The number of carbonyl (C=O) groups excluding carboxylic acids is 1. The molecule has 158 valence electrons. The summed E-state index contributed by atoms with van der Waals surface area (Å²) in [6, 6.07) is 13.7. The predicted molar refractivity (Wildman–Crippen MR) is 125 cm³/mol. The molecule has 4 aromatic rings. The fraction of sp³-hybridized carbons (Fsp3) is 0.174. The van der Waals surface area contributed by atoms with E-state index in [1.54, 1.807) is 14.2 Å². The number of ether oxygens (including phenoxy) is 2. The van der Waals surface area contributed by atoms with E-state index in [0.717, 1.165) is 21.8 Å². The van der Waals surface area contributed by atoms with E-state index in [1.165, 1.54) is 28.2 Å². The topological polar surface area (TPSA) is 73.3 Å². The van der Waals surface area contributed by atoms with E-state index in [9.17, 15) is 4.79 Å². The van der Waals surface area contributed by atoms with E-state index in [1.807, 2.05) is 41.1 Å². The number of thiazole rings is 2. The lowest BCUT2D eigenvalue weighted by atomic mass is 10.1. The monoisotopic (exact) mass is 451 g/mol. The number of carbonyl (C=O) groups is 1. The largest absolute Gasteiger partial charge is 0.497 e. The summed E-state index contributed by atoms with van der Waals surface area (Å²) in [4.78, 5) is 21.7. The van der Waals surface area contributed by atoms with Gasteiger partial charge in [-0.2, -0.15) is 0 Å². The Balaban J connectivity index is 1.44. The predicted octanol–water partition coefficient (Wildman–Crippen LogP) is 5.44. The Morgan fingerprint density at radius 3 is 2.68 bits per heavy atom. The number of hydrogen-bond donors (Lipinski definition) is 1. The van der Waals surface area contributed by atoms with Crippen LogP contribution in [0.5, 0.6) is 11.5 Å². The molecule has 6 nitrogen and oxygen atoms in total. The first-order chi connectivity index (χ1) is 15.1. The molecule has 0 aliphatic heterocycles. The maximum atomic E-state index is 12.5. The minimum absolute atomic E-state index is 0.153. The molecule has 0 spiro atoms. The molecule has 0 fully saturated rings. The molecule has 4 rings (SSSR count). The molecule has 0 saturated heterocycles. The summed E-state index contributed by atoms with van der Waals surface area (Å²) in [6.45, 7) is 2.05. The molecule has 2 aromatic heterocycles. The van der Waals surface area contributed by atoms with Gasteiger partial charge in [-0.05, 0) is 31.2 Å². The van der Waals surface area contributed by atoms with Crippen LogP contribution in [0, 0.1) is 6.92 Å². The van der Waals surface area contributed by atoms with Crippen molar-refractivity contribution in [2.45, 2.75) is 13.3 Å². The Kier molecular flexibility index (Phi) is 6.29. The van der Waals surface area contributed by atoms with Crippen molar-refractivity contribution in [2.75, 3.05) is 19.5 Å². The van der Waals surface area contributed by atoms with Gasteiger partial charge in [-0.3, -0.25) is 4.79 Å². The molecule has 31 heavy (non-hydrogen) atoms. The van der Waals surface area contributed by atoms with Crippen LogP contribution in [0.15, 0.2) is 53.2 Å². The number of aromatic nitrogens is 2. The zero-order chi connectivity index (χ0) is 21.8. The number of anilines is 1. The van der Waals surface area contributed by atoms with Gasteiger partial charge in [0.25, 0.3) is 0 Å². The highest BCUT2D eigenvalue weighted by Gasteiger charge is 2.14. The lowest BCUT2D eigenvalue weighted by Crippen LogP contribution is -2.14. The number of nitrogens with one attached hydrogen (secondary N) is 1. The van der Waals surface area contributed by atoms with Crippen molar-refractivity contribution in [3.8, 4) is 33.3 Å². The van der Waals surface area contributed by atoms with Crippen molar-refractivity contribution in [3.63, 3.8) is 0 Å².